The first kappa shape index (κ1) is 14.4. The van der Waals surface area contributed by atoms with Crippen molar-refractivity contribution in [2.75, 3.05) is 0 Å². The van der Waals surface area contributed by atoms with E-state index in [1.54, 1.807) is 6.92 Å². The highest BCUT2D eigenvalue weighted by Gasteiger charge is 2.20. The number of aromatic nitrogens is 1. The molecule has 0 aliphatic rings. The lowest BCUT2D eigenvalue weighted by Crippen LogP contribution is -2.30. The summed E-state index contributed by atoms with van der Waals surface area (Å²) >= 11 is 0. The fourth-order valence-electron chi connectivity index (χ4n) is 1.73. The first-order valence-electron chi connectivity index (χ1n) is 5.85. The summed E-state index contributed by atoms with van der Waals surface area (Å²) in [7, 11) is -3.94. The Morgan fingerprint density at radius 3 is 2.45 bits per heavy atom. The average molecular weight is 296 g/mol. The summed E-state index contributed by atoms with van der Waals surface area (Å²) in [5.41, 5.74) is 0.00453. The number of rotatable bonds is 4. The zero-order valence-corrected chi connectivity index (χ0v) is 11.4. The van der Waals surface area contributed by atoms with E-state index in [1.165, 1.54) is 30.5 Å². The average Bonchev–Trinajstić information content (AvgIpc) is 2.39. The van der Waals surface area contributed by atoms with Gasteiger partial charge in [0.15, 0.2) is 0 Å². The van der Waals surface area contributed by atoms with Crippen molar-refractivity contribution < 1.29 is 12.8 Å². The molecular weight excluding hydrogens is 283 g/mol. The number of nitrogens with one attached hydrogen (secondary N) is 2. The van der Waals surface area contributed by atoms with Gasteiger partial charge in [0.25, 0.3) is 0 Å². The first-order valence-corrected chi connectivity index (χ1v) is 7.33. The number of sulfonamides is 1. The molecule has 7 heteroatoms. The summed E-state index contributed by atoms with van der Waals surface area (Å²) < 4.78 is 39.4. The lowest BCUT2D eigenvalue weighted by Gasteiger charge is -2.14. The third-order valence-corrected chi connectivity index (χ3v) is 4.34. The zero-order chi connectivity index (χ0) is 14.8. The maximum absolute atomic E-state index is 12.8. The van der Waals surface area contributed by atoms with Crippen LogP contribution in [0.4, 0.5) is 4.39 Å². The fourth-order valence-corrected chi connectivity index (χ4v) is 3.01. The number of hydrogen-bond acceptors (Lipinski definition) is 3. The van der Waals surface area contributed by atoms with Gasteiger partial charge in [-0.05, 0) is 24.6 Å². The molecule has 0 saturated heterocycles. The number of halogens is 1. The normalized spacial score (nSPS) is 13.1. The smallest absolute Gasteiger partial charge is 0.246 e. The molecule has 0 radical (unpaired) electrons. The lowest BCUT2D eigenvalue weighted by atomic mass is 10.1. The highest BCUT2D eigenvalue weighted by molar-refractivity contribution is 7.89. The van der Waals surface area contributed by atoms with Crippen LogP contribution in [0.3, 0.4) is 0 Å². The van der Waals surface area contributed by atoms with Crippen LogP contribution in [0, 0.1) is 5.82 Å². The molecule has 1 aromatic carbocycles. The largest absolute Gasteiger partial charge is 0.366 e. The topological polar surface area (TPSA) is 79.0 Å². The SMILES string of the molecule is CC(NS(=O)(=O)c1c[nH]ccc1=O)c1ccc(F)cc1. The number of pyridine rings is 1. The maximum Gasteiger partial charge on any atom is 0.246 e. The molecule has 106 valence electrons. The van der Waals surface area contributed by atoms with Crippen molar-refractivity contribution >= 4 is 10.0 Å². The summed E-state index contributed by atoms with van der Waals surface area (Å²) in [5, 5.41) is 0. The van der Waals surface area contributed by atoms with Crippen molar-refractivity contribution in [2.45, 2.75) is 17.9 Å². The Morgan fingerprint density at radius 1 is 1.20 bits per heavy atom. The maximum atomic E-state index is 12.8. The predicted molar refractivity (Wildman–Crippen MR) is 72.2 cm³/mol. The molecular formula is C13H13FN2O3S. The van der Waals surface area contributed by atoms with Crippen molar-refractivity contribution in [2.24, 2.45) is 0 Å². The van der Waals surface area contributed by atoms with Crippen LogP contribution >= 0.6 is 0 Å². The van der Waals surface area contributed by atoms with Crippen molar-refractivity contribution in [3.8, 4) is 0 Å². The standard InChI is InChI=1S/C13H13FN2O3S/c1-9(10-2-4-11(14)5-3-10)16-20(18,19)13-8-15-7-6-12(13)17/h2-9,16H,1H3,(H,15,17). The fraction of sp³-hybridized carbons (Fsp3) is 0.154. The molecule has 0 amide bonds. The summed E-state index contributed by atoms with van der Waals surface area (Å²) in [6, 6.07) is 6.01. The summed E-state index contributed by atoms with van der Waals surface area (Å²) in [6.45, 7) is 1.61. The highest BCUT2D eigenvalue weighted by Crippen LogP contribution is 2.15. The molecule has 5 nitrogen and oxygen atoms in total. The van der Waals surface area contributed by atoms with Gasteiger partial charge < -0.3 is 4.98 Å². The van der Waals surface area contributed by atoms with Crippen LogP contribution in [-0.4, -0.2) is 13.4 Å². The monoisotopic (exact) mass is 296 g/mol. The van der Waals surface area contributed by atoms with E-state index in [4.69, 9.17) is 0 Å². The van der Waals surface area contributed by atoms with Gasteiger partial charge in [-0.25, -0.2) is 17.5 Å². The molecule has 0 bridgehead atoms. The van der Waals surface area contributed by atoms with Gasteiger partial charge in [0.1, 0.15) is 10.7 Å². The molecule has 1 aromatic heterocycles. The van der Waals surface area contributed by atoms with Gasteiger partial charge in [0.05, 0.1) is 0 Å². The second-order valence-electron chi connectivity index (χ2n) is 4.27. The summed E-state index contributed by atoms with van der Waals surface area (Å²) in [4.78, 5) is 13.7. The van der Waals surface area contributed by atoms with Gasteiger partial charge >= 0.3 is 0 Å². The van der Waals surface area contributed by atoms with Gasteiger partial charge in [-0.3, -0.25) is 4.79 Å². The van der Waals surface area contributed by atoms with Crippen LogP contribution in [0.25, 0.3) is 0 Å². The third-order valence-electron chi connectivity index (χ3n) is 2.78. The second kappa shape index (κ2) is 5.56. The predicted octanol–water partition coefficient (Wildman–Crippen LogP) is 1.55. The van der Waals surface area contributed by atoms with E-state index in [0.717, 1.165) is 12.3 Å². The minimum absolute atomic E-state index is 0.353. The second-order valence-corrected chi connectivity index (χ2v) is 5.95. The molecule has 2 rings (SSSR count). The Kier molecular flexibility index (Phi) is 4.01. The molecule has 2 aromatic rings. The Labute approximate surface area is 115 Å². The quantitative estimate of drug-likeness (QED) is 0.898. The van der Waals surface area contributed by atoms with Crippen LogP contribution < -0.4 is 10.2 Å². The van der Waals surface area contributed by atoms with E-state index >= 15 is 0 Å². The number of aromatic amines is 1. The molecule has 0 aliphatic heterocycles. The van der Waals surface area contributed by atoms with Gasteiger partial charge in [-0.2, -0.15) is 0 Å². The minimum atomic E-state index is -3.94. The zero-order valence-electron chi connectivity index (χ0n) is 10.6. The molecule has 0 spiro atoms. The van der Waals surface area contributed by atoms with E-state index in [2.05, 4.69) is 9.71 Å². The van der Waals surface area contributed by atoms with Gasteiger partial charge in [0, 0.05) is 24.5 Å². The minimum Gasteiger partial charge on any atom is -0.366 e. The Bertz CT molecular complexity index is 754. The van der Waals surface area contributed by atoms with E-state index in [-0.39, 0.29) is 4.90 Å². The van der Waals surface area contributed by atoms with Crippen molar-refractivity contribution in [3.63, 3.8) is 0 Å². The summed E-state index contributed by atoms with van der Waals surface area (Å²) in [5.74, 6) is -0.400. The summed E-state index contributed by atoms with van der Waals surface area (Å²) in [6.07, 6.45) is 2.48. The molecule has 0 aliphatic carbocycles. The van der Waals surface area contributed by atoms with Gasteiger partial charge in [-0.15, -0.1) is 0 Å². The molecule has 0 fully saturated rings. The van der Waals surface area contributed by atoms with E-state index in [0.29, 0.717) is 5.56 Å². The third kappa shape index (κ3) is 3.12. The molecule has 1 unspecified atom stereocenters. The van der Waals surface area contributed by atoms with E-state index < -0.39 is 27.3 Å². The van der Waals surface area contributed by atoms with Gasteiger partial charge in [-0.1, -0.05) is 12.1 Å². The van der Waals surface area contributed by atoms with Crippen LogP contribution in [-0.2, 0) is 10.0 Å². The molecule has 1 atom stereocenters. The van der Waals surface area contributed by atoms with E-state index in [9.17, 15) is 17.6 Å². The number of benzene rings is 1. The number of hydrogen-bond donors (Lipinski definition) is 2. The van der Waals surface area contributed by atoms with Crippen LogP contribution in [0.2, 0.25) is 0 Å². The van der Waals surface area contributed by atoms with Crippen LogP contribution in [0.1, 0.15) is 18.5 Å². The lowest BCUT2D eigenvalue weighted by molar-refractivity contribution is 0.565. The Morgan fingerprint density at radius 2 is 1.85 bits per heavy atom. The van der Waals surface area contributed by atoms with Gasteiger partial charge in [0.2, 0.25) is 15.5 Å². The molecule has 20 heavy (non-hydrogen) atoms. The van der Waals surface area contributed by atoms with Crippen molar-refractivity contribution in [3.05, 3.63) is 64.3 Å². The Balaban J connectivity index is 2.27. The molecule has 0 saturated carbocycles. The van der Waals surface area contributed by atoms with Crippen LogP contribution in [0.15, 0.2) is 52.4 Å². The highest BCUT2D eigenvalue weighted by atomic mass is 32.2. The Hall–Kier alpha value is -1.99. The van der Waals surface area contributed by atoms with Crippen LogP contribution in [0.5, 0.6) is 0 Å². The number of H-pyrrole nitrogens is 1. The first-order chi connectivity index (χ1) is 9.40. The molecule has 2 N–H and O–H groups in total. The van der Waals surface area contributed by atoms with Crippen molar-refractivity contribution in [1.29, 1.82) is 0 Å². The van der Waals surface area contributed by atoms with E-state index in [1.807, 2.05) is 0 Å². The molecule has 1 heterocycles. The van der Waals surface area contributed by atoms with Crippen molar-refractivity contribution in [1.82, 2.24) is 9.71 Å².